The van der Waals surface area contributed by atoms with Crippen molar-refractivity contribution in [2.75, 3.05) is 12.4 Å². The van der Waals surface area contributed by atoms with Crippen molar-refractivity contribution in [3.63, 3.8) is 0 Å². The molecule has 1 N–H and O–H groups in total. The monoisotopic (exact) mass is 306 g/mol. The van der Waals surface area contributed by atoms with E-state index in [-0.39, 0.29) is 17.6 Å². The summed E-state index contributed by atoms with van der Waals surface area (Å²) in [5, 5.41) is 4.00. The molecule has 1 aromatic rings. The van der Waals surface area contributed by atoms with Crippen LogP contribution in [0.25, 0.3) is 0 Å². The molecule has 2 heterocycles. The van der Waals surface area contributed by atoms with Gasteiger partial charge < -0.3 is 10.1 Å². The highest BCUT2D eigenvalue weighted by Gasteiger charge is 2.41. The third kappa shape index (κ3) is 3.98. The van der Waals surface area contributed by atoms with E-state index in [1.807, 2.05) is 18.2 Å². The molecule has 5 heteroatoms. The van der Waals surface area contributed by atoms with Gasteiger partial charge in [-0.3, -0.25) is 4.79 Å². The molecule has 1 aliphatic carbocycles. The minimum absolute atomic E-state index is 0.0598. The lowest BCUT2D eigenvalue weighted by Gasteiger charge is -2.32. The van der Waals surface area contributed by atoms with E-state index in [1.165, 1.54) is 31.0 Å². The Morgan fingerprint density at radius 2 is 2.24 bits per heavy atom. The number of aromatic nitrogens is 1. The summed E-state index contributed by atoms with van der Waals surface area (Å²) < 4.78 is 6.02. The zero-order chi connectivity index (χ0) is 14.5. The number of pyridine rings is 1. The summed E-state index contributed by atoms with van der Waals surface area (Å²) in [6.07, 6.45) is 8.88. The van der Waals surface area contributed by atoms with Gasteiger partial charge in [-0.15, -0.1) is 0 Å². The maximum Gasteiger partial charge on any atom is 0.230 e. The quantitative estimate of drug-likeness (QED) is 0.869. The van der Waals surface area contributed by atoms with Crippen LogP contribution in [0.3, 0.4) is 0 Å². The van der Waals surface area contributed by atoms with E-state index in [0.29, 0.717) is 12.4 Å². The number of hydrogen-bond acceptors (Lipinski definition) is 4. The molecular formula is C16H22N2O2S. The van der Waals surface area contributed by atoms with E-state index < -0.39 is 0 Å². The third-order valence-electron chi connectivity index (χ3n) is 4.33. The second-order valence-electron chi connectivity index (χ2n) is 5.98. The zero-order valence-electron chi connectivity index (χ0n) is 12.2. The number of nitrogens with one attached hydrogen (secondary N) is 1. The fourth-order valence-corrected chi connectivity index (χ4v) is 4.00. The number of carbonyl (C=O) groups is 1. The average Bonchev–Trinajstić information content (AvgIpc) is 2.89. The first kappa shape index (κ1) is 14.9. The fraction of sp³-hybridized carbons (Fsp3) is 0.625. The van der Waals surface area contributed by atoms with Gasteiger partial charge in [0.2, 0.25) is 5.91 Å². The van der Waals surface area contributed by atoms with Gasteiger partial charge in [0.15, 0.2) is 0 Å². The van der Waals surface area contributed by atoms with Gasteiger partial charge in [0, 0.05) is 6.20 Å². The van der Waals surface area contributed by atoms with Crippen molar-refractivity contribution < 1.29 is 9.53 Å². The third-order valence-corrected chi connectivity index (χ3v) is 5.27. The Morgan fingerprint density at radius 3 is 3.00 bits per heavy atom. The van der Waals surface area contributed by atoms with E-state index in [9.17, 15) is 4.79 Å². The SMILES string of the molecule is O=C(CSc1ccccn1)N[C@H]1COC2(CCCCC2)C1. The number of carbonyl (C=O) groups excluding carboxylic acids is 1. The molecule has 1 aromatic heterocycles. The summed E-state index contributed by atoms with van der Waals surface area (Å²) in [4.78, 5) is 16.2. The van der Waals surface area contributed by atoms with Crippen LogP contribution >= 0.6 is 11.8 Å². The Labute approximate surface area is 130 Å². The molecule has 0 bridgehead atoms. The van der Waals surface area contributed by atoms with E-state index in [1.54, 1.807) is 6.20 Å². The second kappa shape index (κ2) is 6.79. The second-order valence-corrected chi connectivity index (χ2v) is 6.98. The highest BCUT2D eigenvalue weighted by atomic mass is 32.2. The average molecular weight is 306 g/mol. The van der Waals surface area contributed by atoms with Gasteiger partial charge in [-0.05, 0) is 31.4 Å². The number of ether oxygens (including phenoxy) is 1. The summed E-state index contributed by atoms with van der Waals surface area (Å²) in [6.45, 7) is 0.667. The van der Waals surface area contributed by atoms with Crippen LogP contribution in [0.5, 0.6) is 0 Å². The summed E-state index contributed by atoms with van der Waals surface area (Å²) in [5.74, 6) is 0.493. The van der Waals surface area contributed by atoms with E-state index in [0.717, 1.165) is 24.3 Å². The van der Waals surface area contributed by atoms with Crippen molar-refractivity contribution in [2.45, 2.75) is 55.2 Å². The molecule has 1 saturated carbocycles. The van der Waals surface area contributed by atoms with Crippen molar-refractivity contribution in [2.24, 2.45) is 0 Å². The van der Waals surface area contributed by atoms with Gasteiger partial charge in [-0.2, -0.15) is 0 Å². The van der Waals surface area contributed by atoms with Crippen molar-refractivity contribution in [3.05, 3.63) is 24.4 Å². The van der Waals surface area contributed by atoms with Gasteiger partial charge in [0.25, 0.3) is 0 Å². The van der Waals surface area contributed by atoms with Gasteiger partial charge in [-0.25, -0.2) is 4.98 Å². The first-order valence-corrected chi connectivity index (χ1v) is 8.72. The Balaban J connectivity index is 1.43. The molecule has 2 fully saturated rings. The molecule has 114 valence electrons. The molecular weight excluding hydrogens is 284 g/mol. The molecule has 1 aliphatic heterocycles. The highest BCUT2D eigenvalue weighted by Crippen LogP contribution is 2.39. The molecule has 0 radical (unpaired) electrons. The minimum Gasteiger partial charge on any atom is -0.373 e. The zero-order valence-corrected chi connectivity index (χ0v) is 13.0. The predicted octanol–water partition coefficient (Wildman–Crippen LogP) is 2.78. The molecule has 3 rings (SSSR count). The standard InChI is InChI=1S/C16H22N2O2S/c19-14(12-21-15-6-2-5-9-17-15)18-13-10-16(20-11-13)7-3-1-4-8-16/h2,5-6,9,13H,1,3-4,7-8,10-12H2,(H,18,19)/t13-/m1/s1. The Morgan fingerprint density at radius 1 is 1.38 bits per heavy atom. The molecule has 1 amide bonds. The highest BCUT2D eigenvalue weighted by molar-refractivity contribution is 7.99. The molecule has 2 aliphatic rings. The fourth-order valence-electron chi connectivity index (χ4n) is 3.32. The molecule has 1 saturated heterocycles. The summed E-state index contributed by atoms with van der Waals surface area (Å²) in [5.41, 5.74) is 0.0598. The summed E-state index contributed by atoms with van der Waals surface area (Å²) >= 11 is 1.48. The first-order valence-electron chi connectivity index (χ1n) is 7.73. The number of nitrogens with zero attached hydrogens (tertiary/aromatic N) is 1. The maximum absolute atomic E-state index is 12.0. The van der Waals surface area contributed by atoms with Gasteiger partial charge in [0.05, 0.1) is 29.0 Å². The van der Waals surface area contributed by atoms with Crippen molar-refractivity contribution in [3.8, 4) is 0 Å². The molecule has 21 heavy (non-hydrogen) atoms. The van der Waals surface area contributed by atoms with Crippen molar-refractivity contribution in [1.82, 2.24) is 10.3 Å². The molecule has 1 spiro atoms. The van der Waals surface area contributed by atoms with Gasteiger partial charge in [-0.1, -0.05) is 37.1 Å². The number of amides is 1. The van der Waals surface area contributed by atoms with Crippen LogP contribution in [0, 0.1) is 0 Å². The predicted molar refractivity (Wildman–Crippen MR) is 83.3 cm³/mol. The smallest absolute Gasteiger partial charge is 0.230 e. The normalized spacial score (nSPS) is 24.1. The number of hydrogen-bond donors (Lipinski definition) is 1. The maximum atomic E-state index is 12.0. The topological polar surface area (TPSA) is 51.2 Å². The molecule has 4 nitrogen and oxygen atoms in total. The minimum atomic E-state index is 0.0598. The Kier molecular flexibility index (Phi) is 4.80. The largest absolute Gasteiger partial charge is 0.373 e. The van der Waals surface area contributed by atoms with Gasteiger partial charge in [0.1, 0.15) is 0 Å². The Bertz CT molecular complexity index is 474. The number of thioether (sulfide) groups is 1. The molecule has 1 atom stereocenters. The van der Waals surface area contributed by atoms with Crippen LogP contribution in [0.2, 0.25) is 0 Å². The molecule has 0 aromatic carbocycles. The van der Waals surface area contributed by atoms with Crippen LogP contribution in [-0.4, -0.2) is 34.9 Å². The van der Waals surface area contributed by atoms with Crippen molar-refractivity contribution in [1.29, 1.82) is 0 Å². The summed E-state index contributed by atoms with van der Waals surface area (Å²) in [7, 11) is 0. The van der Waals surface area contributed by atoms with Crippen LogP contribution in [0.15, 0.2) is 29.4 Å². The lowest BCUT2D eigenvalue weighted by molar-refractivity contribution is -0.119. The lowest BCUT2D eigenvalue weighted by Crippen LogP contribution is -2.38. The van der Waals surface area contributed by atoms with Crippen LogP contribution in [0.4, 0.5) is 0 Å². The van der Waals surface area contributed by atoms with E-state index in [2.05, 4.69) is 10.3 Å². The van der Waals surface area contributed by atoms with E-state index in [4.69, 9.17) is 4.74 Å². The Hall–Kier alpha value is -1.07. The first-order chi connectivity index (χ1) is 10.3. The number of rotatable bonds is 4. The lowest BCUT2D eigenvalue weighted by atomic mass is 9.82. The van der Waals surface area contributed by atoms with Crippen LogP contribution in [0.1, 0.15) is 38.5 Å². The summed E-state index contributed by atoms with van der Waals surface area (Å²) in [6, 6.07) is 5.92. The molecule has 0 unspecified atom stereocenters. The van der Waals surface area contributed by atoms with Crippen LogP contribution < -0.4 is 5.32 Å². The van der Waals surface area contributed by atoms with Crippen LogP contribution in [-0.2, 0) is 9.53 Å². The van der Waals surface area contributed by atoms with Gasteiger partial charge >= 0.3 is 0 Å². The van der Waals surface area contributed by atoms with E-state index >= 15 is 0 Å². The van der Waals surface area contributed by atoms with Crippen molar-refractivity contribution >= 4 is 17.7 Å².